The van der Waals surface area contributed by atoms with Gasteiger partial charge in [-0.25, -0.2) is 13.6 Å². The highest BCUT2D eigenvalue weighted by Gasteiger charge is 2.27. The predicted molar refractivity (Wildman–Crippen MR) is 69.8 cm³/mol. The molecule has 0 aromatic heterocycles. The Labute approximate surface area is 107 Å². The van der Waals surface area contributed by atoms with Gasteiger partial charge in [0.15, 0.2) is 0 Å². The maximum atomic E-state index is 10.9. The molecule has 1 aliphatic rings. The van der Waals surface area contributed by atoms with Gasteiger partial charge in [0.05, 0.1) is 12.4 Å². The summed E-state index contributed by atoms with van der Waals surface area (Å²) < 4.78 is 27.5. The Kier molecular flexibility index (Phi) is 3.89. The van der Waals surface area contributed by atoms with Gasteiger partial charge < -0.3 is 10.1 Å². The van der Waals surface area contributed by atoms with Gasteiger partial charge in [-0.05, 0) is 6.07 Å². The van der Waals surface area contributed by atoms with E-state index < -0.39 is 10.0 Å². The van der Waals surface area contributed by atoms with Crippen LogP contribution in [-0.4, -0.2) is 27.3 Å². The van der Waals surface area contributed by atoms with Gasteiger partial charge in [0, 0.05) is 24.1 Å². The molecule has 3 N–H and O–H groups in total. The molecule has 100 valence electrons. The molecule has 2 rings (SSSR count). The van der Waals surface area contributed by atoms with E-state index in [1.54, 1.807) is 0 Å². The van der Waals surface area contributed by atoms with E-state index >= 15 is 0 Å². The first-order valence-corrected chi connectivity index (χ1v) is 7.64. The molecule has 18 heavy (non-hydrogen) atoms. The second-order valence-corrected chi connectivity index (χ2v) is 6.36. The highest BCUT2D eigenvalue weighted by atomic mass is 32.2. The first-order valence-electron chi connectivity index (χ1n) is 5.93. The Bertz CT molecular complexity index is 516. The van der Waals surface area contributed by atoms with E-state index in [1.807, 2.05) is 24.3 Å². The Hall–Kier alpha value is -1.11. The Morgan fingerprint density at radius 2 is 2.17 bits per heavy atom. The van der Waals surface area contributed by atoms with Crippen LogP contribution in [0.5, 0.6) is 5.75 Å². The summed E-state index contributed by atoms with van der Waals surface area (Å²) in [6, 6.07) is 7.91. The molecule has 0 aliphatic carbocycles. The predicted octanol–water partition coefficient (Wildman–Crippen LogP) is 0.634. The van der Waals surface area contributed by atoms with E-state index in [4.69, 9.17) is 9.88 Å². The van der Waals surface area contributed by atoms with Gasteiger partial charge in [-0.3, -0.25) is 0 Å². The lowest BCUT2D eigenvalue weighted by atomic mass is 9.92. The minimum absolute atomic E-state index is 0.0563. The van der Waals surface area contributed by atoms with Gasteiger partial charge in [-0.15, -0.1) is 0 Å². The quantitative estimate of drug-likeness (QED) is 0.841. The fourth-order valence-electron chi connectivity index (χ4n) is 2.16. The number of fused-ring (bicyclic) bond motifs is 1. The van der Waals surface area contributed by atoms with Crippen molar-refractivity contribution in [3.8, 4) is 5.75 Å². The molecular formula is C12H18N2O3S. The number of ether oxygens (including phenoxy) is 1. The van der Waals surface area contributed by atoms with Crippen LogP contribution in [0.4, 0.5) is 0 Å². The van der Waals surface area contributed by atoms with Gasteiger partial charge >= 0.3 is 0 Å². The molecule has 5 nitrogen and oxygen atoms in total. The lowest BCUT2D eigenvalue weighted by Crippen LogP contribution is -2.37. The molecule has 0 amide bonds. The molecule has 1 aromatic carbocycles. The fraction of sp³-hybridized carbons (Fsp3) is 0.500. The van der Waals surface area contributed by atoms with E-state index in [0.29, 0.717) is 19.1 Å². The van der Waals surface area contributed by atoms with Crippen molar-refractivity contribution in [1.82, 2.24) is 5.32 Å². The molecule has 1 heterocycles. The zero-order valence-corrected chi connectivity index (χ0v) is 11.1. The lowest BCUT2D eigenvalue weighted by Gasteiger charge is -2.32. The third-order valence-electron chi connectivity index (χ3n) is 3.08. The van der Waals surface area contributed by atoms with Gasteiger partial charge in [0.2, 0.25) is 10.0 Å². The number of rotatable bonds is 4. The van der Waals surface area contributed by atoms with Crippen LogP contribution >= 0.6 is 0 Å². The lowest BCUT2D eigenvalue weighted by molar-refractivity contribution is 0.190. The second-order valence-electron chi connectivity index (χ2n) is 4.62. The Morgan fingerprint density at radius 1 is 1.44 bits per heavy atom. The van der Waals surface area contributed by atoms with Crippen molar-refractivity contribution in [2.75, 3.05) is 18.9 Å². The van der Waals surface area contributed by atoms with Crippen LogP contribution < -0.4 is 15.2 Å². The first-order chi connectivity index (χ1) is 8.47. The molecule has 0 bridgehead atoms. The van der Waals surface area contributed by atoms with E-state index in [9.17, 15) is 8.42 Å². The van der Waals surface area contributed by atoms with Crippen molar-refractivity contribution in [2.24, 2.45) is 11.1 Å². The van der Waals surface area contributed by atoms with Crippen molar-refractivity contribution in [2.45, 2.75) is 13.0 Å². The molecule has 0 saturated carbocycles. The summed E-state index contributed by atoms with van der Waals surface area (Å²) in [6.45, 7) is 3.05. The highest BCUT2D eigenvalue weighted by molar-refractivity contribution is 7.89. The maximum Gasteiger partial charge on any atom is 0.210 e. The monoisotopic (exact) mass is 270 g/mol. The summed E-state index contributed by atoms with van der Waals surface area (Å²) in [6.07, 6.45) is 0. The molecular weight excluding hydrogens is 252 g/mol. The van der Waals surface area contributed by atoms with Crippen molar-refractivity contribution < 1.29 is 13.2 Å². The van der Waals surface area contributed by atoms with Crippen LogP contribution in [-0.2, 0) is 10.0 Å². The smallest absolute Gasteiger partial charge is 0.210 e. The molecule has 2 unspecified atom stereocenters. The number of benzene rings is 1. The average molecular weight is 270 g/mol. The summed E-state index contributed by atoms with van der Waals surface area (Å²) in [4.78, 5) is 0. The number of primary sulfonamides is 1. The zero-order valence-electron chi connectivity index (χ0n) is 10.3. The topological polar surface area (TPSA) is 81.4 Å². The van der Waals surface area contributed by atoms with Gasteiger partial charge in [-0.2, -0.15) is 0 Å². The Morgan fingerprint density at radius 3 is 2.89 bits per heavy atom. The third-order valence-corrected chi connectivity index (χ3v) is 3.85. The van der Waals surface area contributed by atoms with Crippen LogP contribution in [0, 0.1) is 5.92 Å². The summed E-state index contributed by atoms with van der Waals surface area (Å²) in [5.74, 6) is 1.10. The molecule has 1 aliphatic heterocycles. The molecule has 0 saturated heterocycles. The first kappa shape index (κ1) is 13.3. The molecule has 0 spiro atoms. The third kappa shape index (κ3) is 3.22. The second kappa shape index (κ2) is 5.26. The van der Waals surface area contributed by atoms with Gasteiger partial charge in [0.25, 0.3) is 0 Å². The normalized spacial score (nSPS) is 23.2. The number of para-hydroxylation sites is 1. The molecule has 0 fully saturated rings. The SMILES string of the molecule is CC1COc2ccccc2C1NCCS(N)(=O)=O. The van der Waals surface area contributed by atoms with E-state index in [1.165, 1.54) is 0 Å². The number of nitrogens with two attached hydrogens (primary N) is 1. The summed E-state index contributed by atoms with van der Waals surface area (Å²) >= 11 is 0. The molecule has 6 heteroatoms. The van der Waals surface area contributed by atoms with E-state index in [0.717, 1.165) is 11.3 Å². The molecule has 0 radical (unpaired) electrons. The minimum Gasteiger partial charge on any atom is -0.493 e. The number of hydrogen-bond acceptors (Lipinski definition) is 4. The van der Waals surface area contributed by atoms with Gasteiger partial charge in [-0.1, -0.05) is 25.1 Å². The average Bonchev–Trinajstić information content (AvgIpc) is 2.31. The van der Waals surface area contributed by atoms with Crippen LogP contribution in [0.3, 0.4) is 0 Å². The standard InChI is InChI=1S/C12H18N2O3S/c1-9-8-17-11-5-3-2-4-10(11)12(9)14-6-7-18(13,15)16/h2-5,9,12,14H,6-8H2,1H3,(H2,13,15,16). The summed E-state index contributed by atoms with van der Waals surface area (Å²) in [7, 11) is -3.41. The van der Waals surface area contributed by atoms with Crippen LogP contribution in [0.2, 0.25) is 0 Å². The van der Waals surface area contributed by atoms with Crippen molar-refractivity contribution in [1.29, 1.82) is 0 Å². The Balaban J connectivity index is 2.07. The van der Waals surface area contributed by atoms with Crippen LogP contribution in [0.25, 0.3) is 0 Å². The molecule has 2 atom stereocenters. The summed E-state index contributed by atoms with van der Waals surface area (Å²) in [5, 5.41) is 8.23. The minimum atomic E-state index is -3.41. The van der Waals surface area contributed by atoms with Crippen LogP contribution in [0.15, 0.2) is 24.3 Å². The maximum absolute atomic E-state index is 10.9. The summed E-state index contributed by atoms with van der Waals surface area (Å²) in [5.41, 5.74) is 1.07. The van der Waals surface area contributed by atoms with Crippen molar-refractivity contribution >= 4 is 10.0 Å². The van der Waals surface area contributed by atoms with Crippen molar-refractivity contribution in [3.63, 3.8) is 0 Å². The van der Waals surface area contributed by atoms with E-state index in [-0.39, 0.29) is 11.8 Å². The zero-order chi connectivity index (χ0) is 13.2. The largest absolute Gasteiger partial charge is 0.493 e. The van der Waals surface area contributed by atoms with Crippen molar-refractivity contribution in [3.05, 3.63) is 29.8 Å². The highest BCUT2D eigenvalue weighted by Crippen LogP contribution is 2.34. The number of nitrogens with one attached hydrogen (secondary N) is 1. The van der Waals surface area contributed by atoms with Gasteiger partial charge in [0.1, 0.15) is 5.75 Å². The molecule has 1 aromatic rings. The van der Waals surface area contributed by atoms with E-state index in [2.05, 4.69) is 12.2 Å². The van der Waals surface area contributed by atoms with Crippen LogP contribution in [0.1, 0.15) is 18.5 Å². The number of sulfonamides is 1. The number of hydrogen-bond donors (Lipinski definition) is 2. The fourth-order valence-corrected chi connectivity index (χ4v) is 2.56.